The number of likely N-dealkylation sites (tertiary alicyclic amines) is 2. The molecule has 2 aliphatic rings. The van der Waals surface area contributed by atoms with Crippen molar-refractivity contribution in [1.29, 1.82) is 0 Å². The van der Waals surface area contributed by atoms with Gasteiger partial charge in [-0.25, -0.2) is 22.7 Å². The highest BCUT2D eigenvalue weighted by atomic mass is 32.2. The molecule has 0 aliphatic carbocycles. The first-order valence-corrected chi connectivity index (χ1v) is 12.2. The molecule has 2 N–H and O–H groups in total. The Labute approximate surface area is 203 Å². The molecule has 14 heteroatoms. The number of carbonyl (C=O) groups excluding carboxylic acids is 2. The molecule has 2 fully saturated rings. The highest BCUT2D eigenvalue weighted by molar-refractivity contribution is 7.89. The number of amides is 2. The summed E-state index contributed by atoms with van der Waals surface area (Å²) in [5, 5.41) is 5.06. The summed E-state index contributed by atoms with van der Waals surface area (Å²) in [5.74, 6) is -2.01. The molecule has 0 aromatic heterocycles. The Morgan fingerprint density at radius 1 is 1.03 bits per heavy atom. The van der Waals surface area contributed by atoms with Crippen LogP contribution in [0.4, 0.5) is 22.4 Å². The van der Waals surface area contributed by atoms with Gasteiger partial charge in [0.1, 0.15) is 18.2 Å². The van der Waals surface area contributed by atoms with Gasteiger partial charge in [0.05, 0.1) is 4.90 Å². The molecule has 0 radical (unpaired) electrons. The number of rotatable bonds is 5. The molecule has 2 aromatic carbocycles. The Morgan fingerprint density at radius 2 is 1.67 bits per heavy atom. The maximum absolute atomic E-state index is 14.1. The van der Waals surface area contributed by atoms with Gasteiger partial charge in [-0.05, 0) is 42.8 Å². The monoisotopic (exact) mass is 531 g/mol. The van der Waals surface area contributed by atoms with Crippen molar-refractivity contribution in [3.05, 3.63) is 59.4 Å². The first-order chi connectivity index (χ1) is 16.7. The van der Waals surface area contributed by atoms with Crippen LogP contribution in [-0.4, -0.2) is 62.8 Å². The van der Waals surface area contributed by atoms with Crippen LogP contribution in [0.25, 0.3) is 0 Å². The van der Waals surface area contributed by atoms with E-state index in [0.29, 0.717) is 44.2 Å². The zero-order chi connectivity index (χ0) is 26.3. The predicted molar refractivity (Wildman–Crippen MR) is 116 cm³/mol. The van der Waals surface area contributed by atoms with Crippen molar-refractivity contribution in [1.82, 2.24) is 9.80 Å². The van der Waals surface area contributed by atoms with Crippen molar-refractivity contribution in [3.63, 3.8) is 0 Å². The summed E-state index contributed by atoms with van der Waals surface area (Å²) >= 11 is 0. The predicted octanol–water partition coefficient (Wildman–Crippen LogP) is 2.86. The number of alkyl halides is 3. The third-order valence-electron chi connectivity index (χ3n) is 6.08. The summed E-state index contributed by atoms with van der Waals surface area (Å²) in [5.41, 5.74) is -0.113. The van der Waals surface area contributed by atoms with E-state index in [1.54, 1.807) is 4.90 Å². The SMILES string of the molecule is NS(=O)(=O)c1ccc(C(=O)N2CC3(CCN(C(=O)OCc4ccc(OC(F)(F)F)cc4F)C3)C2)cc1. The summed E-state index contributed by atoms with van der Waals surface area (Å²) in [6.07, 6.45) is -5.04. The zero-order valence-corrected chi connectivity index (χ0v) is 19.4. The first-order valence-electron chi connectivity index (χ1n) is 10.6. The molecular weight excluding hydrogens is 510 g/mol. The van der Waals surface area contributed by atoms with E-state index in [0.717, 1.165) is 12.1 Å². The fourth-order valence-corrected chi connectivity index (χ4v) is 4.81. The van der Waals surface area contributed by atoms with Gasteiger partial charge >= 0.3 is 12.5 Å². The summed E-state index contributed by atoms with van der Waals surface area (Å²) in [4.78, 5) is 28.0. The van der Waals surface area contributed by atoms with E-state index in [-0.39, 0.29) is 21.8 Å². The molecule has 2 saturated heterocycles. The van der Waals surface area contributed by atoms with Crippen molar-refractivity contribution < 1.29 is 45.0 Å². The fourth-order valence-electron chi connectivity index (χ4n) is 4.30. The lowest BCUT2D eigenvalue weighted by Crippen LogP contribution is -2.59. The van der Waals surface area contributed by atoms with Gasteiger partial charge in [-0.15, -0.1) is 13.2 Å². The number of nitrogens with zero attached hydrogens (tertiary/aromatic N) is 2. The van der Waals surface area contributed by atoms with E-state index in [1.807, 2.05) is 0 Å². The minimum atomic E-state index is -4.95. The van der Waals surface area contributed by atoms with Crippen molar-refractivity contribution >= 4 is 22.0 Å². The number of primary sulfonamides is 1. The highest BCUT2D eigenvalue weighted by Crippen LogP contribution is 2.40. The van der Waals surface area contributed by atoms with E-state index < -0.39 is 40.7 Å². The van der Waals surface area contributed by atoms with Crippen LogP contribution in [0.3, 0.4) is 0 Å². The Kier molecular flexibility index (Phi) is 6.60. The largest absolute Gasteiger partial charge is 0.573 e. The minimum absolute atomic E-state index is 0.102. The Balaban J connectivity index is 1.27. The van der Waals surface area contributed by atoms with Gasteiger partial charge in [0.2, 0.25) is 10.0 Å². The van der Waals surface area contributed by atoms with E-state index in [9.17, 15) is 35.6 Å². The third-order valence-corrected chi connectivity index (χ3v) is 7.00. The van der Waals surface area contributed by atoms with Crippen LogP contribution in [0.1, 0.15) is 22.3 Å². The molecule has 9 nitrogen and oxygen atoms in total. The molecule has 2 aromatic rings. The molecule has 0 bridgehead atoms. The summed E-state index contributed by atoms with van der Waals surface area (Å²) in [7, 11) is -3.86. The van der Waals surface area contributed by atoms with Crippen LogP contribution >= 0.6 is 0 Å². The second-order valence-corrected chi connectivity index (χ2v) is 10.3. The topological polar surface area (TPSA) is 119 Å². The Hall–Kier alpha value is -3.39. The number of ether oxygens (including phenoxy) is 2. The van der Waals surface area contributed by atoms with Gasteiger partial charge in [0.25, 0.3) is 5.91 Å². The fraction of sp³-hybridized carbons (Fsp3) is 0.364. The van der Waals surface area contributed by atoms with Gasteiger partial charge in [0.15, 0.2) is 0 Å². The number of hydrogen-bond donors (Lipinski definition) is 1. The van der Waals surface area contributed by atoms with Crippen LogP contribution in [0.15, 0.2) is 47.4 Å². The Morgan fingerprint density at radius 3 is 2.25 bits per heavy atom. The second kappa shape index (κ2) is 9.24. The standard InChI is InChI=1S/C22H21F4N3O6S/c23-18-9-16(35-22(24,25)26)4-1-15(18)10-34-20(31)28-8-7-21(11-28)12-29(13-21)19(30)14-2-5-17(6-3-14)36(27,32)33/h1-6,9H,7-8,10-13H2,(H2,27,32,33). The number of sulfonamides is 1. The molecule has 4 rings (SSSR count). The van der Waals surface area contributed by atoms with Gasteiger partial charge < -0.3 is 19.3 Å². The third kappa shape index (κ3) is 5.70. The van der Waals surface area contributed by atoms with Crippen molar-refractivity contribution in [2.45, 2.75) is 24.3 Å². The van der Waals surface area contributed by atoms with E-state index in [2.05, 4.69) is 4.74 Å². The number of benzene rings is 2. The molecule has 2 heterocycles. The van der Waals surface area contributed by atoms with Crippen LogP contribution in [0.2, 0.25) is 0 Å². The Bertz CT molecular complexity index is 1280. The highest BCUT2D eigenvalue weighted by Gasteiger charge is 2.50. The van der Waals surface area contributed by atoms with Crippen LogP contribution in [0.5, 0.6) is 5.75 Å². The molecule has 2 aliphatic heterocycles. The van der Waals surface area contributed by atoms with Gasteiger partial charge in [-0.1, -0.05) is 0 Å². The second-order valence-electron chi connectivity index (χ2n) is 8.76. The number of halogens is 4. The molecule has 0 atom stereocenters. The molecule has 0 saturated carbocycles. The van der Waals surface area contributed by atoms with Crippen LogP contribution in [-0.2, 0) is 21.4 Å². The molecule has 194 valence electrons. The smallest absolute Gasteiger partial charge is 0.444 e. The van der Waals surface area contributed by atoms with E-state index in [1.165, 1.54) is 29.2 Å². The van der Waals surface area contributed by atoms with Crippen molar-refractivity contribution in [2.75, 3.05) is 26.2 Å². The quantitative estimate of drug-likeness (QED) is 0.593. The molecule has 0 unspecified atom stereocenters. The average molecular weight is 531 g/mol. The average Bonchev–Trinajstić information content (AvgIpc) is 3.21. The van der Waals surface area contributed by atoms with Crippen molar-refractivity contribution in [2.24, 2.45) is 10.6 Å². The van der Waals surface area contributed by atoms with Gasteiger partial charge in [-0.3, -0.25) is 4.79 Å². The molecule has 1 spiro atoms. The van der Waals surface area contributed by atoms with Gasteiger partial charge in [0, 0.05) is 48.8 Å². The van der Waals surface area contributed by atoms with Gasteiger partial charge in [-0.2, -0.15) is 0 Å². The van der Waals surface area contributed by atoms with Crippen LogP contribution < -0.4 is 9.88 Å². The molecule has 2 amide bonds. The van der Waals surface area contributed by atoms with E-state index in [4.69, 9.17) is 9.88 Å². The maximum Gasteiger partial charge on any atom is 0.573 e. The molecule has 36 heavy (non-hydrogen) atoms. The lowest BCUT2D eigenvalue weighted by molar-refractivity contribution is -0.274. The molecular formula is C22H21F4N3O6S. The number of hydrogen-bond acceptors (Lipinski definition) is 6. The summed E-state index contributed by atoms with van der Waals surface area (Å²) < 4.78 is 82.2. The zero-order valence-electron chi connectivity index (χ0n) is 18.6. The number of nitrogens with two attached hydrogens (primary N) is 1. The minimum Gasteiger partial charge on any atom is -0.444 e. The summed E-state index contributed by atoms with van der Waals surface area (Å²) in [6.45, 7) is 0.995. The maximum atomic E-state index is 14.1. The normalized spacial score (nSPS) is 17.1. The van der Waals surface area contributed by atoms with E-state index >= 15 is 0 Å². The summed E-state index contributed by atoms with van der Waals surface area (Å²) in [6, 6.07) is 7.80. The lowest BCUT2D eigenvalue weighted by Gasteiger charge is -2.47. The van der Waals surface area contributed by atoms with Crippen molar-refractivity contribution in [3.8, 4) is 5.75 Å². The van der Waals surface area contributed by atoms with Crippen LogP contribution in [0, 0.1) is 11.2 Å². The first kappa shape index (κ1) is 25.7. The number of carbonyl (C=O) groups is 2. The lowest BCUT2D eigenvalue weighted by atomic mass is 9.78.